The van der Waals surface area contributed by atoms with E-state index < -0.39 is 0 Å². The van der Waals surface area contributed by atoms with Crippen LogP contribution in [0.1, 0.15) is 18.9 Å². The van der Waals surface area contributed by atoms with Crippen LogP contribution in [0.15, 0.2) is 48.5 Å². The Hall–Kier alpha value is -2.69. The minimum atomic E-state index is 0.0250. The number of para-hydroxylation sites is 1. The molecular weight excluding hydrogens is 328 g/mol. The van der Waals surface area contributed by atoms with Crippen LogP contribution in [0.4, 0.5) is 5.69 Å². The number of hydrogen-bond donors (Lipinski definition) is 1. The maximum atomic E-state index is 12.2. The van der Waals surface area contributed by atoms with Gasteiger partial charge in [0, 0.05) is 12.2 Å². The van der Waals surface area contributed by atoms with Crippen molar-refractivity contribution >= 4 is 11.6 Å². The van der Waals surface area contributed by atoms with Crippen molar-refractivity contribution in [2.24, 2.45) is 0 Å². The number of rotatable bonds is 8. The summed E-state index contributed by atoms with van der Waals surface area (Å²) in [6.07, 6.45) is 2.18. The van der Waals surface area contributed by atoms with Gasteiger partial charge in [-0.2, -0.15) is 0 Å². The smallest absolute Gasteiger partial charge is 0.239 e. The molecule has 0 atom stereocenters. The molecular formula is C21H26N2O3. The van der Waals surface area contributed by atoms with Crippen molar-refractivity contribution in [2.75, 3.05) is 37.7 Å². The van der Waals surface area contributed by atoms with E-state index >= 15 is 0 Å². The molecule has 3 rings (SSSR count). The lowest BCUT2D eigenvalue weighted by molar-refractivity contribution is -0.119. The van der Waals surface area contributed by atoms with Gasteiger partial charge in [0.25, 0.3) is 0 Å². The summed E-state index contributed by atoms with van der Waals surface area (Å²) >= 11 is 0. The second-order valence-corrected chi connectivity index (χ2v) is 6.26. The average Bonchev–Trinajstić information content (AvgIpc) is 2.67. The van der Waals surface area contributed by atoms with E-state index in [0.29, 0.717) is 26.3 Å². The molecule has 0 fully saturated rings. The van der Waals surface area contributed by atoms with Crippen molar-refractivity contribution < 1.29 is 14.3 Å². The van der Waals surface area contributed by atoms with Gasteiger partial charge in [0.15, 0.2) is 0 Å². The molecule has 0 saturated heterocycles. The van der Waals surface area contributed by atoms with Crippen LogP contribution in [0.25, 0.3) is 0 Å². The topological polar surface area (TPSA) is 50.8 Å². The molecule has 5 nitrogen and oxygen atoms in total. The summed E-state index contributed by atoms with van der Waals surface area (Å²) < 4.78 is 11.0. The average molecular weight is 354 g/mol. The lowest BCUT2D eigenvalue weighted by Crippen LogP contribution is -2.40. The highest BCUT2D eigenvalue weighted by Crippen LogP contribution is 2.26. The largest absolute Gasteiger partial charge is 0.494 e. The summed E-state index contributed by atoms with van der Waals surface area (Å²) in [6, 6.07) is 15.8. The molecule has 2 aromatic rings. The molecule has 5 heteroatoms. The summed E-state index contributed by atoms with van der Waals surface area (Å²) in [5, 5.41) is 2.93. The Morgan fingerprint density at radius 3 is 2.58 bits per heavy atom. The number of nitrogens with one attached hydrogen (secondary N) is 1. The third-order valence-electron chi connectivity index (χ3n) is 4.37. The number of fused-ring (bicyclic) bond motifs is 1. The van der Waals surface area contributed by atoms with Crippen molar-refractivity contribution in [1.29, 1.82) is 0 Å². The number of carbonyl (C=O) groups is 1. The van der Waals surface area contributed by atoms with Gasteiger partial charge in [0.1, 0.15) is 18.1 Å². The first-order valence-corrected chi connectivity index (χ1v) is 9.21. The van der Waals surface area contributed by atoms with Crippen LogP contribution in [0, 0.1) is 0 Å². The molecule has 0 saturated carbocycles. The molecule has 1 N–H and O–H groups in total. The predicted octanol–water partition coefficient (Wildman–Crippen LogP) is 3.03. The standard InChI is InChI=1S/C21H26N2O3/c1-2-25-18-9-11-19(12-10-18)26-15-13-22-21(24)16-23-14-5-7-17-6-3-4-8-20(17)23/h3-4,6,8-12H,2,5,7,13-16H2,1H3,(H,22,24). The molecule has 0 aromatic heterocycles. The predicted molar refractivity (Wildman–Crippen MR) is 103 cm³/mol. The molecule has 1 heterocycles. The second-order valence-electron chi connectivity index (χ2n) is 6.26. The number of carbonyl (C=O) groups excluding carboxylic acids is 1. The van der Waals surface area contributed by atoms with Crippen molar-refractivity contribution in [1.82, 2.24) is 5.32 Å². The van der Waals surface area contributed by atoms with Crippen LogP contribution in [-0.4, -0.2) is 38.8 Å². The van der Waals surface area contributed by atoms with E-state index in [0.717, 1.165) is 30.9 Å². The van der Waals surface area contributed by atoms with E-state index in [1.807, 2.05) is 37.3 Å². The van der Waals surface area contributed by atoms with Crippen LogP contribution >= 0.6 is 0 Å². The lowest BCUT2D eigenvalue weighted by atomic mass is 10.0. The fourth-order valence-electron chi connectivity index (χ4n) is 3.16. The number of amides is 1. The van der Waals surface area contributed by atoms with Gasteiger partial charge in [-0.15, -0.1) is 0 Å². The zero-order valence-corrected chi connectivity index (χ0v) is 15.2. The Morgan fingerprint density at radius 2 is 1.81 bits per heavy atom. The van der Waals surface area contributed by atoms with Gasteiger partial charge >= 0.3 is 0 Å². The summed E-state index contributed by atoms with van der Waals surface area (Å²) in [5.41, 5.74) is 2.50. The summed E-state index contributed by atoms with van der Waals surface area (Å²) in [5.74, 6) is 1.62. The van der Waals surface area contributed by atoms with Gasteiger partial charge in [0.05, 0.1) is 19.7 Å². The fourth-order valence-corrected chi connectivity index (χ4v) is 3.16. The first-order chi connectivity index (χ1) is 12.8. The molecule has 1 aliphatic rings. The maximum Gasteiger partial charge on any atom is 0.239 e. The van der Waals surface area contributed by atoms with Crippen LogP contribution in [-0.2, 0) is 11.2 Å². The van der Waals surface area contributed by atoms with E-state index in [1.54, 1.807) is 0 Å². The fraction of sp³-hybridized carbons (Fsp3) is 0.381. The van der Waals surface area contributed by atoms with Gasteiger partial charge in [-0.3, -0.25) is 4.79 Å². The van der Waals surface area contributed by atoms with E-state index in [4.69, 9.17) is 9.47 Å². The number of aryl methyl sites for hydroxylation is 1. The highest BCUT2D eigenvalue weighted by molar-refractivity contribution is 5.81. The minimum Gasteiger partial charge on any atom is -0.494 e. The molecule has 0 bridgehead atoms. The Morgan fingerprint density at radius 1 is 1.08 bits per heavy atom. The Balaban J connectivity index is 1.40. The van der Waals surface area contributed by atoms with E-state index in [2.05, 4.69) is 28.4 Å². The zero-order valence-electron chi connectivity index (χ0n) is 15.2. The van der Waals surface area contributed by atoms with Crippen LogP contribution in [0.3, 0.4) is 0 Å². The van der Waals surface area contributed by atoms with Crippen molar-refractivity contribution in [3.63, 3.8) is 0 Å². The third-order valence-corrected chi connectivity index (χ3v) is 4.37. The van der Waals surface area contributed by atoms with E-state index in [1.165, 1.54) is 11.3 Å². The summed E-state index contributed by atoms with van der Waals surface area (Å²) in [6.45, 7) is 4.84. The Kier molecular flexibility index (Phi) is 6.36. The SMILES string of the molecule is CCOc1ccc(OCCNC(=O)CN2CCCc3ccccc32)cc1. The molecule has 1 aliphatic heterocycles. The number of benzene rings is 2. The van der Waals surface area contributed by atoms with Gasteiger partial charge < -0.3 is 19.7 Å². The van der Waals surface area contributed by atoms with Crippen LogP contribution in [0.5, 0.6) is 11.5 Å². The molecule has 26 heavy (non-hydrogen) atoms. The van der Waals surface area contributed by atoms with Crippen molar-refractivity contribution in [2.45, 2.75) is 19.8 Å². The third kappa shape index (κ3) is 4.91. The Labute approximate surface area is 154 Å². The van der Waals surface area contributed by atoms with E-state index in [-0.39, 0.29) is 5.91 Å². The molecule has 0 radical (unpaired) electrons. The monoisotopic (exact) mass is 354 g/mol. The molecule has 0 spiro atoms. The first-order valence-electron chi connectivity index (χ1n) is 9.21. The van der Waals surface area contributed by atoms with Crippen LogP contribution in [0.2, 0.25) is 0 Å². The lowest BCUT2D eigenvalue weighted by Gasteiger charge is -2.30. The van der Waals surface area contributed by atoms with Crippen molar-refractivity contribution in [3.05, 3.63) is 54.1 Å². The summed E-state index contributed by atoms with van der Waals surface area (Å²) in [7, 11) is 0. The minimum absolute atomic E-state index is 0.0250. The highest BCUT2D eigenvalue weighted by Gasteiger charge is 2.18. The molecule has 0 aliphatic carbocycles. The maximum absolute atomic E-state index is 12.2. The Bertz CT molecular complexity index is 715. The molecule has 2 aromatic carbocycles. The number of ether oxygens (including phenoxy) is 2. The number of nitrogens with zero attached hydrogens (tertiary/aromatic N) is 1. The molecule has 0 unspecified atom stereocenters. The summed E-state index contributed by atoms with van der Waals surface area (Å²) in [4.78, 5) is 14.4. The van der Waals surface area contributed by atoms with Crippen LogP contribution < -0.4 is 19.7 Å². The van der Waals surface area contributed by atoms with Gasteiger partial charge in [0.2, 0.25) is 5.91 Å². The first kappa shape index (κ1) is 18.1. The van der Waals surface area contributed by atoms with Gasteiger partial charge in [-0.1, -0.05) is 18.2 Å². The number of anilines is 1. The normalized spacial score (nSPS) is 13.0. The molecule has 1 amide bonds. The van der Waals surface area contributed by atoms with Crippen molar-refractivity contribution in [3.8, 4) is 11.5 Å². The zero-order chi connectivity index (χ0) is 18.2. The van der Waals surface area contributed by atoms with E-state index in [9.17, 15) is 4.79 Å². The molecule has 138 valence electrons. The second kappa shape index (κ2) is 9.13. The van der Waals surface area contributed by atoms with Gasteiger partial charge in [-0.25, -0.2) is 0 Å². The highest BCUT2D eigenvalue weighted by atomic mass is 16.5. The number of hydrogen-bond acceptors (Lipinski definition) is 4. The van der Waals surface area contributed by atoms with Gasteiger partial charge in [-0.05, 0) is 55.7 Å². The quantitative estimate of drug-likeness (QED) is 0.741.